The SMILES string of the molecule is CNC(Cc1csc(C)n1)c1cccc(C)c1I. The van der Waals surface area contributed by atoms with Gasteiger partial charge in [0.05, 0.1) is 10.7 Å². The zero-order chi connectivity index (χ0) is 13.1. The first-order valence-electron chi connectivity index (χ1n) is 5.95. The van der Waals surface area contributed by atoms with E-state index in [1.165, 1.54) is 20.4 Å². The highest BCUT2D eigenvalue weighted by Gasteiger charge is 2.15. The van der Waals surface area contributed by atoms with Gasteiger partial charge < -0.3 is 5.32 Å². The summed E-state index contributed by atoms with van der Waals surface area (Å²) in [6.07, 6.45) is 0.945. The van der Waals surface area contributed by atoms with Crippen molar-refractivity contribution in [2.45, 2.75) is 26.3 Å². The number of benzene rings is 1. The molecule has 1 heterocycles. The minimum atomic E-state index is 0.332. The molecule has 0 radical (unpaired) electrons. The van der Waals surface area contributed by atoms with Crippen molar-refractivity contribution in [1.82, 2.24) is 10.3 Å². The lowest BCUT2D eigenvalue weighted by Crippen LogP contribution is -2.20. The standard InChI is InChI=1S/C14H17IN2S/c1-9-5-4-6-12(14(9)15)13(16-3)7-11-8-18-10(2)17-11/h4-6,8,13,16H,7H2,1-3H3. The maximum absolute atomic E-state index is 4.55. The van der Waals surface area contributed by atoms with E-state index in [4.69, 9.17) is 0 Å². The van der Waals surface area contributed by atoms with E-state index < -0.39 is 0 Å². The number of hydrogen-bond acceptors (Lipinski definition) is 3. The third-order valence-electron chi connectivity index (χ3n) is 3.03. The van der Waals surface area contributed by atoms with Gasteiger partial charge in [0.1, 0.15) is 0 Å². The highest BCUT2D eigenvalue weighted by molar-refractivity contribution is 14.1. The Morgan fingerprint density at radius 2 is 2.17 bits per heavy atom. The predicted octanol–water partition coefficient (Wildman–Crippen LogP) is 3.87. The van der Waals surface area contributed by atoms with Gasteiger partial charge in [0.25, 0.3) is 0 Å². The van der Waals surface area contributed by atoms with Crippen LogP contribution in [0.5, 0.6) is 0 Å². The molecule has 0 spiro atoms. The summed E-state index contributed by atoms with van der Waals surface area (Å²) in [7, 11) is 2.02. The van der Waals surface area contributed by atoms with Crippen LogP contribution >= 0.6 is 33.9 Å². The molecule has 0 saturated heterocycles. The maximum atomic E-state index is 4.55. The van der Waals surface area contributed by atoms with Crippen LogP contribution in [0, 0.1) is 17.4 Å². The molecule has 0 saturated carbocycles. The molecule has 96 valence electrons. The van der Waals surface area contributed by atoms with Crippen molar-refractivity contribution < 1.29 is 0 Å². The molecule has 2 nitrogen and oxygen atoms in total. The van der Waals surface area contributed by atoms with Crippen LogP contribution in [-0.2, 0) is 6.42 Å². The molecule has 2 aromatic rings. The Morgan fingerprint density at radius 1 is 1.39 bits per heavy atom. The first-order valence-corrected chi connectivity index (χ1v) is 7.91. The summed E-state index contributed by atoms with van der Waals surface area (Å²) in [5.74, 6) is 0. The van der Waals surface area contributed by atoms with Gasteiger partial charge in [-0.3, -0.25) is 0 Å². The number of halogens is 1. The van der Waals surface area contributed by atoms with Crippen molar-refractivity contribution in [1.29, 1.82) is 0 Å². The fourth-order valence-corrected chi connectivity index (χ4v) is 3.38. The molecule has 1 atom stereocenters. The molecule has 4 heteroatoms. The van der Waals surface area contributed by atoms with Gasteiger partial charge in [-0.25, -0.2) is 4.98 Å². The quantitative estimate of drug-likeness (QED) is 0.825. The zero-order valence-corrected chi connectivity index (χ0v) is 13.8. The number of rotatable bonds is 4. The molecule has 1 N–H and O–H groups in total. The second-order valence-electron chi connectivity index (χ2n) is 4.38. The minimum Gasteiger partial charge on any atom is -0.313 e. The topological polar surface area (TPSA) is 24.9 Å². The molecule has 1 unspecified atom stereocenters. The van der Waals surface area contributed by atoms with E-state index in [-0.39, 0.29) is 0 Å². The summed E-state index contributed by atoms with van der Waals surface area (Å²) in [6, 6.07) is 6.82. The van der Waals surface area contributed by atoms with Crippen molar-refractivity contribution in [3.05, 3.63) is 49.0 Å². The Balaban J connectivity index is 2.25. The van der Waals surface area contributed by atoms with Crippen LogP contribution < -0.4 is 5.32 Å². The van der Waals surface area contributed by atoms with E-state index in [1.807, 2.05) is 7.05 Å². The van der Waals surface area contributed by atoms with Gasteiger partial charge in [0.15, 0.2) is 0 Å². The fraction of sp³-hybridized carbons (Fsp3) is 0.357. The Hall–Kier alpha value is -0.460. The molecule has 0 aliphatic carbocycles. The smallest absolute Gasteiger partial charge is 0.0897 e. The van der Waals surface area contributed by atoms with Crippen molar-refractivity contribution in [2.75, 3.05) is 7.05 Å². The van der Waals surface area contributed by atoms with Crippen LogP contribution in [0.3, 0.4) is 0 Å². The lowest BCUT2D eigenvalue weighted by Gasteiger charge is -2.18. The van der Waals surface area contributed by atoms with Crippen LogP contribution in [-0.4, -0.2) is 12.0 Å². The number of likely N-dealkylation sites (N-methyl/N-ethyl adjacent to an activating group) is 1. The first kappa shape index (κ1) is 14.0. The molecule has 0 fully saturated rings. The average molecular weight is 372 g/mol. The molecule has 2 rings (SSSR count). The third kappa shape index (κ3) is 3.10. The van der Waals surface area contributed by atoms with Gasteiger partial charge in [-0.2, -0.15) is 0 Å². The van der Waals surface area contributed by atoms with E-state index >= 15 is 0 Å². The highest BCUT2D eigenvalue weighted by Crippen LogP contribution is 2.25. The summed E-state index contributed by atoms with van der Waals surface area (Å²) in [6.45, 7) is 4.21. The van der Waals surface area contributed by atoms with E-state index in [0.717, 1.165) is 11.4 Å². The summed E-state index contributed by atoms with van der Waals surface area (Å²) >= 11 is 4.15. The van der Waals surface area contributed by atoms with E-state index in [0.29, 0.717) is 6.04 Å². The van der Waals surface area contributed by atoms with Crippen molar-refractivity contribution in [2.24, 2.45) is 0 Å². The molecular formula is C14H17IN2S. The lowest BCUT2D eigenvalue weighted by atomic mass is 10.0. The zero-order valence-electron chi connectivity index (χ0n) is 10.8. The summed E-state index contributed by atoms with van der Waals surface area (Å²) in [5, 5.41) is 6.70. The largest absolute Gasteiger partial charge is 0.313 e. The second-order valence-corrected chi connectivity index (χ2v) is 6.52. The molecular weight excluding hydrogens is 355 g/mol. The molecule has 0 amide bonds. The number of aromatic nitrogens is 1. The van der Waals surface area contributed by atoms with Gasteiger partial charge in [-0.15, -0.1) is 11.3 Å². The van der Waals surface area contributed by atoms with Gasteiger partial charge in [-0.05, 0) is 54.6 Å². The Morgan fingerprint density at radius 3 is 2.78 bits per heavy atom. The van der Waals surface area contributed by atoms with Gasteiger partial charge >= 0.3 is 0 Å². The lowest BCUT2D eigenvalue weighted by molar-refractivity contribution is 0.582. The Labute approximate surface area is 126 Å². The Bertz CT molecular complexity index is 536. The van der Waals surface area contributed by atoms with Gasteiger partial charge in [0.2, 0.25) is 0 Å². The number of nitrogens with zero attached hydrogens (tertiary/aromatic N) is 1. The van der Waals surface area contributed by atoms with Crippen LogP contribution in [0.25, 0.3) is 0 Å². The van der Waals surface area contributed by atoms with E-state index in [1.54, 1.807) is 11.3 Å². The van der Waals surface area contributed by atoms with Gasteiger partial charge in [0, 0.05) is 21.4 Å². The van der Waals surface area contributed by atoms with E-state index in [9.17, 15) is 0 Å². The van der Waals surface area contributed by atoms with Crippen LogP contribution in [0.2, 0.25) is 0 Å². The maximum Gasteiger partial charge on any atom is 0.0897 e. The molecule has 0 bridgehead atoms. The summed E-state index contributed by atoms with van der Waals surface area (Å²) < 4.78 is 1.35. The Kier molecular flexibility index (Phi) is 4.75. The predicted molar refractivity (Wildman–Crippen MR) is 86.3 cm³/mol. The molecule has 1 aromatic carbocycles. The van der Waals surface area contributed by atoms with Crippen LogP contribution in [0.1, 0.15) is 27.9 Å². The molecule has 1 aromatic heterocycles. The first-order chi connectivity index (χ1) is 8.61. The minimum absolute atomic E-state index is 0.332. The number of thiazole rings is 1. The normalized spacial score (nSPS) is 12.7. The molecule has 18 heavy (non-hydrogen) atoms. The number of hydrogen-bond donors (Lipinski definition) is 1. The average Bonchev–Trinajstić information content (AvgIpc) is 2.76. The van der Waals surface area contributed by atoms with Crippen molar-refractivity contribution in [3.63, 3.8) is 0 Å². The van der Waals surface area contributed by atoms with Crippen molar-refractivity contribution >= 4 is 33.9 Å². The van der Waals surface area contributed by atoms with Gasteiger partial charge in [-0.1, -0.05) is 18.2 Å². The fourth-order valence-electron chi connectivity index (χ4n) is 2.02. The molecule has 0 aliphatic rings. The van der Waals surface area contributed by atoms with Crippen LogP contribution in [0.4, 0.5) is 0 Å². The third-order valence-corrected chi connectivity index (χ3v) is 5.32. The second kappa shape index (κ2) is 6.12. The van der Waals surface area contributed by atoms with Crippen LogP contribution in [0.15, 0.2) is 23.6 Å². The monoisotopic (exact) mass is 372 g/mol. The highest BCUT2D eigenvalue weighted by atomic mass is 127. The van der Waals surface area contributed by atoms with E-state index in [2.05, 4.69) is 70.3 Å². The summed E-state index contributed by atoms with van der Waals surface area (Å²) in [4.78, 5) is 4.55. The number of nitrogens with one attached hydrogen (secondary N) is 1. The molecule has 0 aliphatic heterocycles. The van der Waals surface area contributed by atoms with Crippen molar-refractivity contribution in [3.8, 4) is 0 Å². The summed E-state index contributed by atoms with van der Waals surface area (Å²) in [5.41, 5.74) is 3.88. The number of aryl methyl sites for hydroxylation is 2.